The lowest BCUT2D eigenvalue weighted by Crippen LogP contribution is -2.18. The van der Waals surface area contributed by atoms with E-state index in [1.165, 1.54) is 12.8 Å². The molecule has 0 atom stereocenters. The Morgan fingerprint density at radius 2 is 1.91 bits per heavy atom. The normalized spacial score (nSPS) is 14.5. The monoisotopic (exact) mass is 313 g/mol. The van der Waals surface area contributed by atoms with Crippen molar-refractivity contribution < 1.29 is 0 Å². The fraction of sp³-hybridized carbons (Fsp3) is 0.312. The van der Waals surface area contributed by atoms with Crippen molar-refractivity contribution in [3.05, 3.63) is 35.1 Å². The molecule has 0 radical (unpaired) electrons. The van der Waals surface area contributed by atoms with Gasteiger partial charge in [-0.05, 0) is 37.0 Å². The SMILES string of the molecule is C#Cc1nc(Nc2cccc(Cl)c2)nc(NC2CCCC2)n1. The average Bonchev–Trinajstić information content (AvgIpc) is 3.00. The van der Waals surface area contributed by atoms with Gasteiger partial charge in [-0.1, -0.05) is 30.5 Å². The summed E-state index contributed by atoms with van der Waals surface area (Å²) in [4.78, 5) is 12.8. The van der Waals surface area contributed by atoms with Crippen LogP contribution < -0.4 is 10.6 Å². The van der Waals surface area contributed by atoms with E-state index in [2.05, 4.69) is 31.5 Å². The molecule has 0 saturated heterocycles. The van der Waals surface area contributed by atoms with Crippen LogP contribution in [0.3, 0.4) is 0 Å². The zero-order chi connectivity index (χ0) is 15.4. The molecule has 2 aromatic rings. The Labute approximate surface area is 134 Å². The van der Waals surface area contributed by atoms with Crippen LogP contribution in [0.4, 0.5) is 17.6 Å². The van der Waals surface area contributed by atoms with Crippen LogP contribution in [0.1, 0.15) is 31.5 Å². The molecule has 0 amide bonds. The largest absolute Gasteiger partial charge is 0.351 e. The van der Waals surface area contributed by atoms with Crippen LogP contribution in [0.2, 0.25) is 5.02 Å². The minimum Gasteiger partial charge on any atom is -0.351 e. The van der Waals surface area contributed by atoms with Gasteiger partial charge in [-0.3, -0.25) is 0 Å². The highest BCUT2D eigenvalue weighted by Crippen LogP contribution is 2.22. The zero-order valence-electron chi connectivity index (χ0n) is 12.0. The van der Waals surface area contributed by atoms with Crippen molar-refractivity contribution in [1.82, 2.24) is 15.0 Å². The molecular formula is C16H16ClN5. The first kappa shape index (κ1) is 14.6. The van der Waals surface area contributed by atoms with Gasteiger partial charge in [0.25, 0.3) is 0 Å². The summed E-state index contributed by atoms with van der Waals surface area (Å²) in [5.74, 6) is 3.69. The van der Waals surface area contributed by atoms with Crippen molar-refractivity contribution in [1.29, 1.82) is 0 Å². The number of benzene rings is 1. The van der Waals surface area contributed by atoms with Crippen LogP contribution in [0, 0.1) is 12.3 Å². The van der Waals surface area contributed by atoms with E-state index in [0.717, 1.165) is 18.5 Å². The second-order valence-corrected chi connectivity index (χ2v) is 5.65. The third-order valence-corrected chi connectivity index (χ3v) is 3.77. The van der Waals surface area contributed by atoms with Gasteiger partial charge >= 0.3 is 0 Å². The summed E-state index contributed by atoms with van der Waals surface area (Å²) in [6.07, 6.45) is 10.2. The summed E-state index contributed by atoms with van der Waals surface area (Å²) >= 11 is 5.98. The highest BCUT2D eigenvalue weighted by atomic mass is 35.5. The van der Waals surface area contributed by atoms with E-state index >= 15 is 0 Å². The summed E-state index contributed by atoms with van der Waals surface area (Å²) < 4.78 is 0. The van der Waals surface area contributed by atoms with Crippen molar-refractivity contribution in [3.63, 3.8) is 0 Å². The van der Waals surface area contributed by atoms with Crippen LogP contribution in [0.25, 0.3) is 0 Å². The highest BCUT2D eigenvalue weighted by molar-refractivity contribution is 6.30. The molecule has 2 N–H and O–H groups in total. The van der Waals surface area contributed by atoms with E-state index in [4.69, 9.17) is 18.0 Å². The molecule has 1 aromatic heterocycles. The van der Waals surface area contributed by atoms with Gasteiger partial charge in [0.1, 0.15) is 0 Å². The predicted molar refractivity (Wildman–Crippen MR) is 88.4 cm³/mol. The number of halogens is 1. The molecule has 1 aliphatic carbocycles. The summed E-state index contributed by atoms with van der Waals surface area (Å²) in [5, 5.41) is 7.07. The molecule has 3 rings (SSSR count). The molecule has 22 heavy (non-hydrogen) atoms. The topological polar surface area (TPSA) is 62.7 Å². The van der Waals surface area contributed by atoms with Crippen molar-refractivity contribution in [2.75, 3.05) is 10.6 Å². The smallest absolute Gasteiger partial charge is 0.233 e. The van der Waals surface area contributed by atoms with Gasteiger partial charge in [0.05, 0.1) is 0 Å². The van der Waals surface area contributed by atoms with E-state index < -0.39 is 0 Å². The Morgan fingerprint density at radius 3 is 2.64 bits per heavy atom. The molecule has 112 valence electrons. The Hall–Kier alpha value is -2.32. The number of hydrogen-bond acceptors (Lipinski definition) is 5. The summed E-state index contributed by atoms with van der Waals surface area (Å²) in [6.45, 7) is 0. The number of nitrogens with zero attached hydrogens (tertiary/aromatic N) is 3. The van der Waals surface area contributed by atoms with Gasteiger partial charge in [0.2, 0.25) is 17.7 Å². The van der Waals surface area contributed by atoms with Crippen molar-refractivity contribution in [2.24, 2.45) is 0 Å². The Kier molecular flexibility index (Phi) is 4.40. The number of aromatic nitrogens is 3. The maximum absolute atomic E-state index is 5.98. The van der Waals surface area contributed by atoms with Crippen molar-refractivity contribution in [2.45, 2.75) is 31.7 Å². The predicted octanol–water partition coefficient (Wildman–Crippen LogP) is 3.60. The zero-order valence-corrected chi connectivity index (χ0v) is 12.8. The van der Waals surface area contributed by atoms with Crippen molar-refractivity contribution in [3.8, 4) is 12.3 Å². The quantitative estimate of drug-likeness (QED) is 0.844. The maximum Gasteiger partial charge on any atom is 0.233 e. The Morgan fingerprint density at radius 1 is 1.14 bits per heavy atom. The van der Waals surface area contributed by atoms with E-state index in [-0.39, 0.29) is 0 Å². The van der Waals surface area contributed by atoms with Crippen LogP contribution in [-0.2, 0) is 0 Å². The van der Waals surface area contributed by atoms with Crippen LogP contribution in [0.15, 0.2) is 24.3 Å². The lowest BCUT2D eigenvalue weighted by Gasteiger charge is -2.13. The molecule has 0 bridgehead atoms. The van der Waals surface area contributed by atoms with E-state index in [1.807, 2.05) is 12.1 Å². The highest BCUT2D eigenvalue weighted by Gasteiger charge is 2.16. The molecule has 1 heterocycles. The fourth-order valence-electron chi connectivity index (χ4n) is 2.51. The minimum atomic E-state index is 0.306. The summed E-state index contributed by atoms with van der Waals surface area (Å²) in [7, 11) is 0. The standard InChI is InChI=1S/C16H16ClN5/c1-2-14-20-15(18-12-7-3-4-8-12)22-16(21-14)19-13-9-5-6-11(17)10-13/h1,5-6,9-10,12H,3-4,7-8H2,(H2,18,19,20,21,22). The van der Waals surface area contributed by atoms with Gasteiger partial charge < -0.3 is 10.6 Å². The van der Waals surface area contributed by atoms with Crippen LogP contribution in [-0.4, -0.2) is 21.0 Å². The molecule has 0 unspecified atom stereocenters. The molecule has 0 spiro atoms. The van der Waals surface area contributed by atoms with E-state index in [0.29, 0.717) is 28.8 Å². The molecule has 1 fully saturated rings. The molecule has 5 nitrogen and oxygen atoms in total. The van der Waals surface area contributed by atoms with Gasteiger partial charge in [-0.25, -0.2) is 0 Å². The third kappa shape index (κ3) is 3.66. The number of hydrogen-bond donors (Lipinski definition) is 2. The first-order valence-corrected chi connectivity index (χ1v) is 7.62. The molecule has 1 aliphatic rings. The Bertz CT molecular complexity index is 704. The second-order valence-electron chi connectivity index (χ2n) is 5.21. The third-order valence-electron chi connectivity index (χ3n) is 3.53. The van der Waals surface area contributed by atoms with E-state index in [1.54, 1.807) is 12.1 Å². The second kappa shape index (κ2) is 6.63. The minimum absolute atomic E-state index is 0.306. The van der Waals surface area contributed by atoms with Gasteiger partial charge in [0, 0.05) is 16.8 Å². The maximum atomic E-state index is 5.98. The Balaban J connectivity index is 1.82. The fourth-order valence-corrected chi connectivity index (χ4v) is 2.70. The van der Waals surface area contributed by atoms with Crippen LogP contribution in [0.5, 0.6) is 0 Å². The van der Waals surface area contributed by atoms with E-state index in [9.17, 15) is 0 Å². The average molecular weight is 314 g/mol. The molecular weight excluding hydrogens is 298 g/mol. The summed E-state index contributed by atoms with van der Waals surface area (Å²) in [5.41, 5.74) is 0.800. The van der Waals surface area contributed by atoms with Gasteiger partial charge in [-0.15, -0.1) is 6.42 Å². The molecule has 1 saturated carbocycles. The molecule has 1 aromatic carbocycles. The number of anilines is 3. The first-order chi connectivity index (χ1) is 10.7. The number of terminal acetylenes is 1. The number of rotatable bonds is 4. The van der Waals surface area contributed by atoms with Crippen molar-refractivity contribution >= 4 is 29.2 Å². The van der Waals surface area contributed by atoms with Gasteiger partial charge in [0.15, 0.2) is 0 Å². The first-order valence-electron chi connectivity index (χ1n) is 7.25. The van der Waals surface area contributed by atoms with Crippen LogP contribution >= 0.6 is 11.6 Å². The molecule has 6 heteroatoms. The lowest BCUT2D eigenvalue weighted by atomic mass is 10.2. The summed E-state index contributed by atoms with van der Waals surface area (Å²) in [6, 6.07) is 7.75. The molecule has 0 aliphatic heterocycles. The van der Waals surface area contributed by atoms with Gasteiger partial charge in [-0.2, -0.15) is 15.0 Å². The number of nitrogens with one attached hydrogen (secondary N) is 2. The lowest BCUT2D eigenvalue weighted by molar-refractivity contribution is 0.742.